The van der Waals surface area contributed by atoms with Gasteiger partial charge < -0.3 is 15.9 Å². The van der Waals surface area contributed by atoms with Crippen LogP contribution in [0.15, 0.2) is 12.1 Å². The molecule has 0 aliphatic carbocycles. The van der Waals surface area contributed by atoms with Gasteiger partial charge in [-0.1, -0.05) is 11.6 Å². The summed E-state index contributed by atoms with van der Waals surface area (Å²) in [4.78, 5) is 0. The van der Waals surface area contributed by atoms with Gasteiger partial charge in [-0.05, 0) is 18.6 Å². The van der Waals surface area contributed by atoms with Gasteiger partial charge in [0.1, 0.15) is 0 Å². The summed E-state index contributed by atoms with van der Waals surface area (Å²) in [5.41, 5.74) is 5.81. The van der Waals surface area contributed by atoms with Crippen molar-refractivity contribution in [3.05, 3.63) is 28.5 Å². The second-order valence-corrected chi connectivity index (χ2v) is 3.38. The molecule has 15 heavy (non-hydrogen) atoms. The van der Waals surface area contributed by atoms with Gasteiger partial charge >= 0.3 is 0 Å². The van der Waals surface area contributed by atoms with Gasteiger partial charge in [0.25, 0.3) is 0 Å². The fraction of sp³-hybridized carbons (Fsp3) is 0.333. The van der Waals surface area contributed by atoms with Crippen LogP contribution in [0.25, 0.3) is 0 Å². The van der Waals surface area contributed by atoms with Crippen LogP contribution in [0.5, 0.6) is 5.75 Å². The number of nitrogens with two attached hydrogens (primary N) is 1. The van der Waals surface area contributed by atoms with Gasteiger partial charge in [-0.25, -0.2) is 4.39 Å². The molecule has 6 heteroatoms. The first-order valence-corrected chi connectivity index (χ1v) is 4.48. The first kappa shape index (κ1) is 14.5. The Bertz CT molecular complexity index is 336. The highest BCUT2D eigenvalue weighted by Gasteiger charge is 2.15. The largest absolute Gasteiger partial charge is 0.505 e. The third-order valence-electron chi connectivity index (χ3n) is 1.90. The highest BCUT2D eigenvalue weighted by atomic mass is 35.5. The van der Waals surface area contributed by atoms with Gasteiger partial charge in [0.15, 0.2) is 11.6 Å². The molecule has 4 N–H and O–H groups in total. The number of phenols is 1. The van der Waals surface area contributed by atoms with Crippen molar-refractivity contribution in [1.82, 2.24) is 0 Å². The summed E-state index contributed by atoms with van der Waals surface area (Å²) in [6.07, 6.45) is 0.243. The molecule has 0 spiro atoms. The maximum atomic E-state index is 13.0. The van der Waals surface area contributed by atoms with Crippen molar-refractivity contribution < 1.29 is 14.6 Å². The fourth-order valence-corrected chi connectivity index (χ4v) is 1.38. The van der Waals surface area contributed by atoms with Crippen molar-refractivity contribution in [2.75, 3.05) is 6.61 Å². The Labute approximate surface area is 98.1 Å². The first-order chi connectivity index (χ1) is 6.56. The van der Waals surface area contributed by atoms with Crippen LogP contribution < -0.4 is 5.73 Å². The maximum absolute atomic E-state index is 13.0. The Kier molecular flexibility index (Phi) is 5.90. The van der Waals surface area contributed by atoms with Gasteiger partial charge in [0.05, 0.1) is 0 Å². The van der Waals surface area contributed by atoms with Crippen LogP contribution >= 0.6 is 24.0 Å². The standard InChI is InChI=1S/C9H11ClFNO2.ClH/c10-5-3-6(8(12)1-2-13)9(14)7(11)4-5;/h3-4,8,13-14H,1-2,12H2;1H/t8-;/m0./s1. The van der Waals surface area contributed by atoms with E-state index >= 15 is 0 Å². The van der Waals surface area contributed by atoms with E-state index in [9.17, 15) is 9.50 Å². The topological polar surface area (TPSA) is 66.5 Å². The van der Waals surface area contributed by atoms with Gasteiger partial charge in [-0.2, -0.15) is 0 Å². The van der Waals surface area contributed by atoms with E-state index in [-0.39, 0.29) is 36.0 Å². The number of halogens is 3. The Morgan fingerprint density at radius 3 is 2.60 bits per heavy atom. The number of phenolic OH excluding ortho intramolecular Hbond substituents is 1. The average Bonchev–Trinajstić information content (AvgIpc) is 2.11. The lowest BCUT2D eigenvalue weighted by Crippen LogP contribution is -2.12. The van der Waals surface area contributed by atoms with E-state index in [1.807, 2.05) is 0 Å². The third-order valence-corrected chi connectivity index (χ3v) is 2.12. The molecule has 1 aromatic rings. The summed E-state index contributed by atoms with van der Waals surface area (Å²) < 4.78 is 13.0. The van der Waals surface area contributed by atoms with Gasteiger partial charge in [-0.3, -0.25) is 0 Å². The first-order valence-electron chi connectivity index (χ1n) is 4.10. The molecule has 86 valence electrons. The number of rotatable bonds is 3. The zero-order chi connectivity index (χ0) is 10.7. The summed E-state index contributed by atoms with van der Waals surface area (Å²) in [6, 6.07) is 1.78. The summed E-state index contributed by atoms with van der Waals surface area (Å²) in [5.74, 6) is -1.31. The summed E-state index contributed by atoms with van der Waals surface area (Å²) in [5, 5.41) is 18.1. The average molecular weight is 256 g/mol. The minimum absolute atomic E-state index is 0. The lowest BCUT2D eigenvalue weighted by Gasteiger charge is -2.12. The number of aliphatic hydroxyl groups excluding tert-OH is 1. The van der Waals surface area contributed by atoms with Crippen molar-refractivity contribution in [2.24, 2.45) is 5.73 Å². The zero-order valence-corrected chi connectivity index (χ0v) is 9.35. The number of hydrogen-bond acceptors (Lipinski definition) is 3. The van der Waals surface area contributed by atoms with Crippen LogP contribution in [0.1, 0.15) is 18.0 Å². The molecular formula is C9H12Cl2FNO2. The predicted molar refractivity (Wildman–Crippen MR) is 59.0 cm³/mol. The van der Waals surface area contributed by atoms with Gasteiger partial charge in [0.2, 0.25) is 0 Å². The molecule has 0 unspecified atom stereocenters. The maximum Gasteiger partial charge on any atom is 0.166 e. The number of hydrogen-bond donors (Lipinski definition) is 3. The Morgan fingerprint density at radius 2 is 2.07 bits per heavy atom. The fourth-order valence-electron chi connectivity index (χ4n) is 1.16. The molecule has 0 aromatic heterocycles. The van der Waals surface area contributed by atoms with Crippen LogP contribution in [0, 0.1) is 5.82 Å². The third kappa shape index (κ3) is 3.50. The molecule has 1 rings (SSSR count). The van der Waals surface area contributed by atoms with E-state index in [2.05, 4.69) is 0 Å². The van der Waals surface area contributed by atoms with E-state index in [1.54, 1.807) is 0 Å². The lowest BCUT2D eigenvalue weighted by molar-refractivity contribution is 0.275. The minimum atomic E-state index is -0.805. The second kappa shape index (κ2) is 6.12. The molecule has 1 atom stereocenters. The SMILES string of the molecule is Cl.N[C@@H](CCO)c1cc(Cl)cc(F)c1O. The molecule has 0 fully saturated rings. The van der Waals surface area contributed by atoms with Crippen LogP contribution in [0.4, 0.5) is 4.39 Å². The lowest BCUT2D eigenvalue weighted by atomic mass is 10.0. The Balaban J connectivity index is 0.00000196. The zero-order valence-electron chi connectivity index (χ0n) is 7.78. The Hall–Kier alpha value is -0.550. The van der Waals surface area contributed by atoms with Crippen molar-refractivity contribution in [3.63, 3.8) is 0 Å². The molecule has 0 radical (unpaired) electrons. The van der Waals surface area contributed by atoms with E-state index in [0.717, 1.165) is 6.07 Å². The molecule has 0 aliphatic rings. The molecule has 0 saturated carbocycles. The summed E-state index contributed by atoms with van der Waals surface area (Å²) in [7, 11) is 0. The normalized spacial score (nSPS) is 12.0. The van der Waals surface area contributed by atoms with Crippen LogP contribution in [0.2, 0.25) is 5.02 Å². The number of benzene rings is 1. The van der Waals surface area contributed by atoms with Crippen LogP contribution in [0.3, 0.4) is 0 Å². The van der Waals surface area contributed by atoms with E-state index in [1.165, 1.54) is 6.07 Å². The molecule has 3 nitrogen and oxygen atoms in total. The molecule has 0 aliphatic heterocycles. The molecule has 1 aromatic carbocycles. The van der Waals surface area contributed by atoms with Crippen molar-refractivity contribution in [3.8, 4) is 5.75 Å². The summed E-state index contributed by atoms with van der Waals surface area (Å²) in [6.45, 7) is -0.130. The second-order valence-electron chi connectivity index (χ2n) is 2.94. The highest BCUT2D eigenvalue weighted by Crippen LogP contribution is 2.30. The number of aromatic hydroxyl groups is 1. The smallest absolute Gasteiger partial charge is 0.166 e. The van der Waals surface area contributed by atoms with E-state index < -0.39 is 17.6 Å². The number of aliphatic hydroxyl groups is 1. The molecule has 0 saturated heterocycles. The van der Waals surface area contributed by atoms with E-state index in [0.29, 0.717) is 0 Å². The van der Waals surface area contributed by atoms with Crippen molar-refractivity contribution in [2.45, 2.75) is 12.5 Å². The molecule has 0 bridgehead atoms. The van der Waals surface area contributed by atoms with Gasteiger partial charge in [0, 0.05) is 23.2 Å². The van der Waals surface area contributed by atoms with E-state index in [4.69, 9.17) is 22.4 Å². The molecule has 0 heterocycles. The van der Waals surface area contributed by atoms with Crippen molar-refractivity contribution in [1.29, 1.82) is 0 Å². The minimum Gasteiger partial charge on any atom is -0.505 e. The summed E-state index contributed by atoms with van der Waals surface area (Å²) >= 11 is 5.60. The quantitative estimate of drug-likeness (QED) is 0.774. The van der Waals surface area contributed by atoms with Crippen LogP contribution in [-0.4, -0.2) is 16.8 Å². The van der Waals surface area contributed by atoms with Gasteiger partial charge in [-0.15, -0.1) is 12.4 Å². The monoisotopic (exact) mass is 255 g/mol. The molecule has 0 amide bonds. The van der Waals surface area contributed by atoms with Crippen molar-refractivity contribution >= 4 is 24.0 Å². The Morgan fingerprint density at radius 1 is 1.47 bits per heavy atom. The predicted octanol–water partition coefficient (Wildman–Crippen LogP) is 1.99. The van der Waals surface area contributed by atoms with Crippen LogP contribution in [-0.2, 0) is 0 Å². The highest BCUT2D eigenvalue weighted by molar-refractivity contribution is 6.30. The molecular weight excluding hydrogens is 244 g/mol.